The monoisotopic (exact) mass is 247 g/mol. The van der Waals surface area contributed by atoms with Crippen LogP contribution in [-0.4, -0.2) is 27.3 Å². The fraction of sp³-hybridized carbons (Fsp3) is 0.500. The standard InChI is InChI=1S/C14H21N3O/c1-10(2)13(18)8-15-9-14-16-11-6-4-5-7-12(11)17(14)3/h4-7,10,13,15,18H,8-9H2,1-3H3. The summed E-state index contributed by atoms with van der Waals surface area (Å²) < 4.78 is 2.09. The molecule has 4 nitrogen and oxygen atoms in total. The normalized spacial score (nSPS) is 13.4. The minimum Gasteiger partial charge on any atom is -0.392 e. The lowest BCUT2D eigenvalue weighted by Gasteiger charge is -2.14. The van der Waals surface area contributed by atoms with E-state index in [4.69, 9.17) is 0 Å². The molecule has 1 unspecified atom stereocenters. The van der Waals surface area contributed by atoms with Gasteiger partial charge >= 0.3 is 0 Å². The molecular weight excluding hydrogens is 226 g/mol. The molecule has 0 aliphatic carbocycles. The first kappa shape index (κ1) is 13.1. The molecule has 0 spiro atoms. The van der Waals surface area contributed by atoms with Gasteiger partial charge in [-0.2, -0.15) is 0 Å². The molecule has 1 heterocycles. The van der Waals surface area contributed by atoms with E-state index in [1.54, 1.807) is 0 Å². The summed E-state index contributed by atoms with van der Waals surface area (Å²) in [4.78, 5) is 4.57. The van der Waals surface area contributed by atoms with E-state index in [9.17, 15) is 5.11 Å². The van der Waals surface area contributed by atoms with E-state index < -0.39 is 0 Å². The zero-order chi connectivity index (χ0) is 13.1. The molecule has 0 radical (unpaired) electrons. The smallest absolute Gasteiger partial charge is 0.123 e. The highest BCUT2D eigenvalue weighted by atomic mass is 16.3. The van der Waals surface area contributed by atoms with Crippen LogP contribution in [0.15, 0.2) is 24.3 Å². The largest absolute Gasteiger partial charge is 0.392 e. The third kappa shape index (κ3) is 2.71. The van der Waals surface area contributed by atoms with Crippen molar-refractivity contribution in [3.05, 3.63) is 30.1 Å². The highest BCUT2D eigenvalue weighted by Gasteiger charge is 2.10. The minimum absolute atomic E-state index is 0.276. The molecule has 0 saturated heterocycles. The van der Waals surface area contributed by atoms with Crippen molar-refractivity contribution in [3.63, 3.8) is 0 Å². The number of rotatable bonds is 5. The highest BCUT2D eigenvalue weighted by Crippen LogP contribution is 2.13. The summed E-state index contributed by atoms with van der Waals surface area (Å²) in [5.74, 6) is 1.27. The van der Waals surface area contributed by atoms with Gasteiger partial charge in [-0.05, 0) is 18.1 Å². The number of aryl methyl sites for hydroxylation is 1. The fourth-order valence-electron chi connectivity index (χ4n) is 1.92. The molecule has 2 rings (SSSR count). The maximum Gasteiger partial charge on any atom is 0.123 e. The van der Waals surface area contributed by atoms with Crippen molar-refractivity contribution in [1.29, 1.82) is 0 Å². The average molecular weight is 247 g/mol. The first-order chi connectivity index (χ1) is 8.59. The predicted molar refractivity (Wildman–Crippen MR) is 73.3 cm³/mol. The van der Waals surface area contributed by atoms with Gasteiger partial charge in [0.2, 0.25) is 0 Å². The lowest BCUT2D eigenvalue weighted by Crippen LogP contribution is -2.30. The predicted octanol–water partition coefficient (Wildman–Crippen LogP) is 1.68. The molecule has 2 N–H and O–H groups in total. The van der Waals surface area contributed by atoms with Crippen LogP contribution in [0.4, 0.5) is 0 Å². The Labute approximate surface area is 108 Å². The highest BCUT2D eigenvalue weighted by molar-refractivity contribution is 5.75. The number of aliphatic hydroxyl groups excluding tert-OH is 1. The van der Waals surface area contributed by atoms with Gasteiger partial charge in [-0.3, -0.25) is 0 Å². The number of aliphatic hydroxyl groups is 1. The van der Waals surface area contributed by atoms with Crippen LogP contribution in [0.2, 0.25) is 0 Å². The fourth-order valence-corrected chi connectivity index (χ4v) is 1.92. The lowest BCUT2D eigenvalue weighted by molar-refractivity contribution is 0.123. The van der Waals surface area contributed by atoms with Crippen LogP contribution in [-0.2, 0) is 13.6 Å². The van der Waals surface area contributed by atoms with Gasteiger partial charge in [0, 0.05) is 13.6 Å². The van der Waals surface area contributed by atoms with E-state index >= 15 is 0 Å². The van der Waals surface area contributed by atoms with Crippen LogP contribution in [0.5, 0.6) is 0 Å². The molecule has 4 heteroatoms. The second-order valence-corrected chi connectivity index (χ2v) is 5.02. The molecule has 1 aromatic carbocycles. The van der Waals surface area contributed by atoms with Crippen LogP contribution in [0.3, 0.4) is 0 Å². The van der Waals surface area contributed by atoms with Crippen LogP contribution >= 0.6 is 0 Å². The Kier molecular flexibility index (Phi) is 3.99. The Bertz CT molecular complexity index is 519. The van der Waals surface area contributed by atoms with Gasteiger partial charge in [-0.15, -0.1) is 0 Å². The summed E-state index contributed by atoms with van der Waals surface area (Å²) >= 11 is 0. The molecule has 0 amide bonds. The first-order valence-corrected chi connectivity index (χ1v) is 6.38. The van der Waals surface area contributed by atoms with Crippen molar-refractivity contribution in [3.8, 4) is 0 Å². The Balaban J connectivity index is 2.02. The van der Waals surface area contributed by atoms with E-state index in [2.05, 4.69) is 20.9 Å². The van der Waals surface area contributed by atoms with E-state index in [1.807, 2.05) is 39.1 Å². The van der Waals surface area contributed by atoms with Gasteiger partial charge in [0.25, 0.3) is 0 Å². The minimum atomic E-state index is -0.306. The van der Waals surface area contributed by atoms with Crippen LogP contribution in [0.25, 0.3) is 11.0 Å². The quantitative estimate of drug-likeness (QED) is 0.845. The Morgan fingerprint density at radius 3 is 2.72 bits per heavy atom. The number of benzene rings is 1. The number of imidazole rings is 1. The molecule has 0 aliphatic rings. The summed E-state index contributed by atoms with van der Waals surface area (Å²) in [5.41, 5.74) is 2.15. The molecule has 18 heavy (non-hydrogen) atoms. The van der Waals surface area contributed by atoms with Crippen molar-refractivity contribution in [2.24, 2.45) is 13.0 Å². The van der Waals surface area contributed by atoms with E-state index in [0.29, 0.717) is 13.1 Å². The van der Waals surface area contributed by atoms with Gasteiger partial charge in [-0.1, -0.05) is 26.0 Å². The zero-order valence-corrected chi connectivity index (χ0v) is 11.2. The first-order valence-electron chi connectivity index (χ1n) is 6.38. The molecule has 98 valence electrons. The summed E-state index contributed by atoms with van der Waals surface area (Å²) in [6, 6.07) is 8.09. The van der Waals surface area contributed by atoms with Crippen LogP contribution in [0, 0.1) is 5.92 Å². The summed E-state index contributed by atoms with van der Waals surface area (Å²) in [6.07, 6.45) is -0.306. The average Bonchev–Trinajstić information content (AvgIpc) is 2.67. The molecule has 2 aromatic rings. The molecule has 0 aliphatic heterocycles. The number of hydrogen-bond acceptors (Lipinski definition) is 3. The lowest BCUT2D eigenvalue weighted by atomic mass is 10.1. The maximum atomic E-state index is 9.72. The van der Waals surface area contributed by atoms with Gasteiger partial charge in [0.15, 0.2) is 0 Å². The third-order valence-electron chi connectivity index (χ3n) is 3.29. The molecule has 1 aromatic heterocycles. The molecule has 1 atom stereocenters. The summed E-state index contributed by atoms with van der Waals surface area (Å²) in [5, 5.41) is 13.0. The number of nitrogens with one attached hydrogen (secondary N) is 1. The van der Waals surface area contributed by atoms with Crippen molar-refractivity contribution in [2.45, 2.75) is 26.5 Å². The summed E-state index contributed by atoms with van der Waals surface area (Å²) in [6.45, 7) is 5.30. The number of para-hydroxylation sites is 2. The second-order valence-electron chi connectivity index (χ2n) is 5.02. The number of aromatic nitrogens is 2. The molecule has 0 bridgehead atoms. The van der Waals surface area contributed by atoms with Crippen LogP contribution < -0.4 is 5.32 Å². The van der Waals surface area contributed by atoms with Crippen molar-refractivity contribution >= 4 is 11.0 Å². The van der Waals surface area contributed by atoms with Gasteiger partial charge in [0.1, 0.15) is 5.82 Å². The molecular formula is C14H21N3O. The van der Waals surface area contributed by atoms with Crippen molar-refractivity contribution in [2.75, 3.05) is 6.54 Å². The van der Waals surface area contributed by atoms with Crippen LogP contribution in [0.1, 0.15) is 19.7 Å². The number of fused-ring (bicyclic) bond motifs is 1. The maximum absolute atomic E-state index is 9.72. The van der Waals surface area contributed by atoms with E-state index in [0.717, 1.165) is 16.9 Å². The molecule has 0 fully saturated rings. The Hall–Kier alpha value is -1.39. The van der Waals surface area contributed by atoms with Gasteiger partial charge in [0.05, 0.1) is 23.7 Å². The van der Waals surface area contributed by atoms with E-state index in [1.165, 1.54) is 0 Å². The van der Waals surface area contributed by atoms with Crippen molar-refractivity contribution in [1.82, 2.24) is 14.9 Å². The SMILES string of the molecule is CC(C)C(O)CNCc1nc2ccccc2n1C. The Morgan fingerprint density at radius 2 is 2.06 bits per heavy atom. The number of nitrogens with zero attached hydrogens (tertiary/aromatic N) is 2. The number of hydrogen-bond donors (Lipinski definition) is 2. The second kappa shape index (κ2) is 5.50. The topological polar surface area (TPSA) is 50.1 Å². The van der Waals surface area contributed by atoms with Gasteiger partial charge < -0.3 is 15.0 Å². The third-order valence-corrected chi connectivity index (χ3v) is 3.29. The summed E-state index contributed by atoms with van der Waals surface area (Å²) in [7, 11) is 2.02. The molecule has 0 saturated carbocycles. The van der Waals surface area contributed by atoms with E-state index in [-0.39, 0.29) is 12.0 Å². The van der Waals surface area contributed by atoms with Crippen molar-refractivity contribution < 1.29 is 5.11 Å². The van der Waals surface area contributed by atoms with Gasteiger partial charge in [-0.25, -0.2) is 4.98 Å². The zero-order valence-electron chi connectivity index (χ0n) is 11.2. The Morgan fingerprint density at radius 1 is 1.33 bits per heavy atom.